The van der Waals surface area contributed by atoms with Gasteiger partial charge in [0.05, 0.1) is 12.2 Å². The van der Waals surface area contributed by atoms with Crippen molar-refractivity contribution in [2.24, 2.45) is 0 Å². The number of aryl methyl sites for hydroxylation is 2. The number of rotatable bonds is 7. The molecule has 4 heteroatoms. The SMILES string of the molecule is CCOC(=O)C(c1ccccc1)c1cc(C(C)(C)C)cc(C)c1OC(=O)c1ccc(CC)cc1. The van der Waals surface area contributed by atoms with Gasteiger partial charge in [-0.3, -0.25) is 4.79 Å². The first-order chi connectivity index (χ1) is 16.2. The Morgan fingerprint density at radius 3 is 2.12 bits per heavy atom. The molecule has 0 saturated heterocycles. The van der Waals surface area contributed by atoms with E-state index < -0.39 is 11.9 Å². The van der Waals surface area contributed by atoms with Crippen LogP contribution in [-0.4, -0.2) is 18.5 Å². The van der Waals surface area contributed by atoms with E-state index in [1.54, 1.807) is 19.1 Å². The third-order valence-corrected chi connectivity index (χ3v) is 5.93. The molecule has 0 aromatic heterocycles. The molecular formula is C30H34O4. The van der Waals surface area contributed by atoms with E-state index in [4.69, 9.17) is 9.47 Å². The molecule has 1 unspecified atom stereocenters. The van der Waals surface area contributed by atoms with Gasteiger partial charge < -0.3 is 9.47 Å². The van der Waals surface area contributed by atoms with Gasteiger partial charge in [-0.05, 0) is 60.1 Å². The molecule has 0 aliphatic heterocycles. The van der Waals surface area contributed by atoms with E-state index in [2.05, 4.69) is 27.7 Å². The molecule has 3 rings (SSSR count). The molecule has 0 spiro atoms. The minimum atomic E-state index is -0.715. The van der Waals surface area contributed by atoms with E-state index in [0.29, 0.717) is 16.9 Å². The van der Waals surface area contributed by atoms with E-state index in [1.165, 1.54) is 0 Å². The van der Waals surface area contributed by atoms with Gasteiger partial charge in [0, 0.05) is 5.56 Å². The minimum absolute atomic E-state index is 0.159. The van der Waals surface area contributed by atoms with Gasteiger partial charge in [0.25, 0.3) is 0 Å². The summed E-state index contributed by atoms with van der Waals surface area (Å²) in [6, 6.07) is 20.9. The van der Waals surface area contributed by atoms with Gasteiger partial charge >= 0.3 is 11.9 Å². The second kappa shape index (κ2) is 10.7. The summed E-state index contributed by atoms with van der Waals surface area (Å²) in [5.74, 6) is -1.14. The number of carbonyl (C=O) groups is 2. The Hall–Kier alpha value is -3.40. The Morgan fingerprint density at radius 1 is 0.912 bits per heavy atom. The lowest BCUT2D eigenvalue weighted by Gasteiger charge is -2.26. The van der Waals surface area contributed by atoms with Crippen LogP contribution < -0.4 is 4.74 Å². The maximum absolute atomic E-state index is 13.2. The highest BCUT2D eigenvalue weighted by molar-refractivity contribution is 5.92. The zero-order valence-corrected chi connectivity index (χ0v) is 21.0. The van der Waals surface area contributed by atoms with Crippen molar-refractivity contribution in [3.05, 3.63) is 100 Å². The Bertz CT molecular complexity index is 1140. The second-order valence-electron chi connectivity index (χ2n) is 9.50. The average Bonchev–Trinajstić information content (AvgIpc) is 2.81. The van der Waals surface area contributed by atoms with Gasteiger partial charge in [0.2, 0.25) is 0 Å². The lowest BCUT2D eigenvalue weighted by molar-refractivity contribution is -0.143. The van der Waals surface area contributed by atoms with Crippen LogP contribution >= 0.6 is 0 Å². The highest BCUT2D eigenvalue weighted by atomic mass is 16.5. The van der Waals surface area contributed by atoms with Gasteiger partial charge in [-0.2, -0.15) is 0 Å². The third kappa shape index (κ3) is 5.74. The lowest BCUT2D eigenvalue weighted by Crippen LogP contribution is -2.21. The van der Waals surface area contributed by atoms with Crippen LogP contribution in [0.1, 0.15) is 78.7 Å². The summed E-state index contributed by atoms with van der Waals surface area (Å²) in [5, 5.41) is 0. The normalized spacial score (nSPS) is 12.2. The Balaban J connectivity index is 2.16. The summed E-state index contributed by atoms with van der Waals surface area (Å²) >= 11 is 0. The van der Waals surface area contributed by atoms with Crippen LogP contribution in [0.15, 0.2) is 66.7 Å². The molecule has 0 fully saturated rings. The number of esters is 2. The first-order valence-corrected chi connectivity index (χ1v) is 11.8. The summed E-state index contributed by atoms with van der Waals surface area (Å²) in [6.45, 7) is 12.4. The number of carbonyl (C=O) groups excluding carboxylic acids is 2. The minimum Gasteiger partial charge on any atom is -0.465 e. The molecule has 4 nitrogen and oxygen atoms in total. The van der Waals surface area contributed by atoms with Gasteiger partial charge in [-0.1, -0.05) is 82.3 Å². The van der Waals surface area contributed by atoms with Crippen molar-refractivity contribution < 1.29 is 19.1 Å². The van der Waals surface area contributed by atoms with Crippen LogP contribution in [0.5, 0.6) is 5.75 Å². The molecule has 34 heavy (non-hydrogen) atoms. The summed E-state index contributed by atoms with van der Waals surface area (Å²) in [6.07, 6.45) is 0.894. The molecule has 0 N–H and O–H groups in total. The van der Waals surface area contributed by atoms with Gasteiger partial charge in [0.1, 0.15) is 11.7 Å². The predicted molar refractivity (Wildman–Crippen MR) is 136 cm³/mol. The van der Waals surface area contributed by atoms with E-state index in [9.17, 15) is 9.59 Å². The van der Waals surface area contributed by atoms with E-state index >= 15 is 0 Å². The topological polar surface area (TPSA) is 52.6 Å². The van der Waals surface area contributed by atoms with Crippen molar-refractivity contribution in [2.75, 3.05) is 6.61 Å². The molecule has 0 radical (unpaired) electrons. The van der Waals surface area contributed by atoms with Crippen molar-refractivity contribution in [3.63, 3.8) is 0 Å². The maximum atomic E-state index is 13.2. The smallest absolute Gasteiger partial charge is 0.343 e. The van der Waals surface area contributed by atoms with Crippen molar-refractivity contribution in [1.82, 2.24) is 0 Å². The van der Waals surface area contributed by atoms with Crippen LogP contribution in [0.4, 0.5) is 0 Å². The lowest BCUT2D eigenvalue weighted by atomic mass is 9.81. The number of benzene rings is 3. The third-order valence-electron chi connectivity index (χ3n) is 5.93. The van der Waals surface area contributed by atoms with Crippen LogP contribution in [0, 0.1) is 6.92 Å². The largest absolute Gasteiger partial charge is 0.465 e. The summed E-state index contributed by atoms with van der Waals surface area (Å²) in [7, 11) is 0. The van der Waals surface area contributed by atoms with Crippen molar-refractivity contribution in [2.45, 2.75) is 59.3 Å². The zero-order chi connectivity index (χ0) is 24.9. The molecule has 0 aliphatic rings. The first-order valence-electron chi connectivity index (χ1n) is 11.8. The Morgan fingerprint density at radius 2 is 1.56 bits per heavy atom. The molecular weight excluding hydrogens is 424 g/mol. The van der Waals surface area contributed by atoms with Crippen LogP contribution in [0.2, 0.25) is 0 Å². The Labute approximate surface area is 202 Å². The quantitative estimate of drug-likeness (QED) is 0.290. The molecule has 1 atom stereocenters. The number of hydrogen-bond acceptors (Lipinski definition) is 4. The first kappa shape index (κ1) is 25.2. The highest BCUT2D eigenvalue weighted by Gasteiger charge is 2.31. The zero-order valence-electron chi connectivity index (χ0n) is 21.0. The monoisotopic (exact) mass is 458 g/mol. The summed E-state index contributed by atoms with van der Waals surface area (Å²) in [5.41, 5.74) is 4.73. The molecule has 0 aliphatic carbocycles. The van der Waals surface area contributed by atoms with E-state index in [0.717, 1.165) is 28.7 Å². The van der Waals surface area contributed by atoms with Crippen LogP contribution in [0.3, 0.4) is 0 Å². The van der Waals surface area contributed by atoms with Crippen LogP contribution in [-0.2, 0) is 21.4 Å². The Kier molecular flexibility index (Phi) is 7.93. The van der Waals surface area contributed by atoms with Gasteiger partial charge in [-0.15, -0.1) is 0 Å². The fourth-order valence-electron chi connectivity index (χ4n) is 3.93. The second-order valence-corrected chi connectivity index (χ2v) is 9.50. The fourth-order valence-corrected chi connectivity index (χ4v) is 3.93. The molecule has 0 heterocycles. The van der Waals surface area contributed by atoms with Gasteiger partial charge in [0.15, 0.2) is 0 Å². The fraction of sp³-hybridized carbons (Fsp3) is 0.333. The van der Waals surface area contributed by atoms with Crippen LogP contribution in [0.25, 0.3) is 0 Å². The average molecular weight is 459 g/mol. The molecule has 0 amide bonds. The molecule has 3 aromatic carbocycles. The van der Waals surface area contributed by atoms with E-state index in [-0.39, 0.29) is 18.0 Å². The van der Waals surface area contributed by atoms with Crippen molar-refractivity contribution >= 4 is 11.9 Å². The standard InChI is InChI=1S/C30H34O4/c1-7-21-14-16-23(17-15-21)28(31)34-27-20(3)18-24(30(4,5)6)19-25(27)26(29(32)33-8-2)22-12-10-9-11-13-22/h9-19,26H,7-8H2,1-6H3. The molecule has 178 valence electrons. The summed E-state index contributed by atoms with van der Waals surface area (Å²) < 4.78 is 11.5. The number of hydrogen-bond donors (Lipinski definition) is 0. The summed E-state index contributed by atoms with van der Waals surface area (Å²) in [4.78, 5) is 26.3. The molecule has 0 saturated carbocycles. The van der Waals surface area contributed by atoms with Crippen molar-refractivity contribution in [1.29, 1.82) is 0 Å². The van der Waals surface area contributed by atoms with Crippen molar-refractivity contribution in [3.8, 4) is 5.75 Å². The molecule has 0 bridgehead atoms. The highest BCUT2D eigenvalue weighted by Crippen LogP contribution is 2.39. The van der Waals surface area contributed by atoms with E-state index in [1.807, 2.05) is 61.5 Å². The van der Waals surface area contributed by atoms with Gasteiger partial charge in [-0.25, -0.2) is 4.79 Å². The molecule has 3 aromatic rings. The maximum Gasteiger partial charge on any atom is 0.343 e. The predicted octanol–water partition coefficient (Wildman–Crippen LogP) is 6.77. The number of ether oxygens (including phenoxy) is 2.